The molecule has 78 valence electrons. The third-order valence-corrected chi connectivity index (χ3v) is 3.53. The van der Waals surface area contributed by atoms with Crippen molar-refractivity contribution >= 4 is 25.8 Å². The number of hydrogen-bond acceptors (Lipinski definition) is 3. The van der Waals surface area contributed by atoms with Crippen molar-refractivity contribution in [1.29, 1.82) is 0 Å². The van der Waals surface area contributed by atoms with Gasteiger partial charge in [-0.05, 0) is 30.7 Å². The Bertz CT molecular complexity index is 440. The summed E-state index contributed by atoms with van der Waals surface area (Å²) in [5.41, 5.74) is 6.34. The predicted octanol–water partition coefficient (Wildman–Crippen LogP) is 1.87. The van der Waals surface area contributed by atoms with Gasteiger partial charge in [0.1, 0.15) is 0 Å². The average molecular weight is 278 g/mol. The van der Waals surface area contributed by atoms with Gasteiger partial charge in [-0.2, -0.15) is 0 Å². The van der Waals surface area contributed by atoms with E-state index in [9.17, 15) is 8.42 Å². The number of hydrogen-bond donors (Lipinski definition) is 1. The molecule has 0 bridgehead atoms. The highest BCUT2D eigenvalue weighted by molar-refractivity contribution is 9.10. The van der Waals surface area contributed by atoms with Gasteiger partial charge in [-0.3, -0.25) is 0 Å². The summed E-state index contributed by atoms with van der Waals surface area (Å²) in [5, 5.41) is 0. The lowest BCUT2D eigenvalue weighted by Gasteiger charge is -2.11. The highest BCUT2D eigenvalue weighted by Gasteiger charge is 2.15. The Morgan fingerprint density at radius 1 is 1.43 bits per heavy atom. The van der Waals surface area contributed by atoms with Gasteiger partial charge in [0, 0.05) is 16.8 Å². The van der Waals surface area contributed by atoms with Crippen molar-refractivity contribution in [3.8, 4) is 0 Å². The molecule has 1 unspecified atom stereocenters. The number of sulfone groups is 1. The number of benzene rings is 1. The summed E-state index contributed by atoms with van der Waals surface area (Å²) in [6.07, 6.45) is 1.18. The van der Waals surface area contributed by atoms with Gasteiger partial charge in [0.05, 0.1) is 4.90 Å². The van der Waals surface area contributed by atoms with Crippen molar-refractivity contribution < 1.29 is 8.42 Å². The maximum Gasteiger partial charge on any atom is 0.175 e. The smallest absolute Gasteiger partial charge is 0.175 e. The first-order chi connectivity index (χ1) is 6.32. The minimum Gasteiger partial charge on any atom is -0.324 e. The van der Waals surface area contributed by atoms with E-state index in [1.807, 2.05) is 0 Å². The normalized spacial score (nSPS) is 14.0. The van der Waals surface area contributed by atoms with Gasteiger partial charge in [-0.25, -0.2) is 8.42 Å². The summed E-state index contributed by atoms with van der Waals surface area (Å²) >= 11 is 3.28. The van der Waals surface area contributed by atoms with E-state index in [2.05, 4.69) is 15.9 Å². The lowest BCUT2D eigenvalue weighted by molar-refractivity contribution is 0.599. The highest BCUT2D eigenvalue weighted by Crippen LogP contribution is 2.24. The summed E-state index contributed by atoms with van der Waals surface area (Å²) in [7, 11) is -3.20. The van der Waals surface area contributed by atoms with E-state index in [0.717, 1.165) is 4.47 Å². The van der Waals surface area contributed by atoms with E-state index in [-0.39, 0.29) is 6.04 Å². The molecule has 5 heteroatoms. The second-order valence-corrected chi connectivity index (χ2v) is 6.14. The van der Waals surface area contributed by atoms with Crippen molar-refractivity contribution in [1.82, 2.24) is 0 Å². The maximum absolute atomic E-state index is 11.4. The molecule has 3 nitrogen and oxygen atoms in total. The summed E-state index contributed by atoms with van der Waals surface area (Å²) in [6, 6.07) is 4.71. The average Bonchev–Trinajstić information content (AvgIpc) is 2.01. The molecule has 14 heavy (non-hydrogen) atoms. The first kappa shape index (κ1) is 11.7. The van der Waals surface area contributed by atoms with Crippen LogP contribution in [0.25, 0.3) is 0 Å². The first-order valence-corrected chi connectivity index (χ1v) is 6.76. The molecule has 2 N–H and O–H groups in total. The number of nitrogens with two attached hydrogens (primary N) is 1. The second kappa shape index (κ2) is 4.00. The van der Waals surface area contributed by atoms with E-state index in [1.165, 1.54) is 6.26 Å². The van der Waals surface area contributed by atoms with E-state index in [0.29, 0.717) is 10.5 Å². The first-order valence-electron chi connectivity index (χ1n) is 4.07. The number of halogens is 1. The van der Waals surface area contributed by atoms with Crippen molar-refractivity contribution in [2.75, 3.05) is 6.26 Å². The quantitative estimate of drug-likeness (QED) is 0.898. The molecule has 0 aliphatic heterocycles. The van der Waals surface area contributed by atoms with Crippen molar-refractivity contribution in [2.24, 2.45) is 5.73 Å². The Morgan fingerprint density at radius 2 is 2.00 bits per heavy atom. The molecule has 0 aromatic heterocycles. The monoisotopic (exact) mass is 277 g/mol. The van der Waals surface area contributed by atoms with Crippen LogP contribution in [0.4, 0.5) is 0 Å². The zero-order valence-electron chi connectivity index (χ0n) is 7.99. The van der Waals surface area contributed by atoms with E-state index >= 15 is 0 Å². The van der Waals surface area contributed by atoms with Crippen LogP contribution in [0.2, 0.25) is 0 Å². The molecule has 0 saturated carbocycles. The SMILES string of the molecule is CC(N)c1cc(Br)ccc1S(C)(=O)=O. The zero-order chi connectivity index (χ0) is 10.9. The van der Waals surface area contributed by atoms with E-state index < -0.39 is 9.84 Å². The molecule has 0 fully saturated rings. The molecule has 0 saturated heterocycles. The summed E-state index contributed by atoms with van der Waals surface area (Å²) in [5.74, 6) is 0. The van der Waals surface area contributed by atoms with Crippen LogP contribution in [0.15, 0.2) is 27.6 Å². The zero-order valence-corrected chi connectivity index (χ0v) is 10.4. The van der Waals surface area contributed by atoms with Crippen LogP contribution in [0.3, 0.4) is 0 Å². The van der Waals surface area contributed by atoms with Gasteiger partial charge < -0.3 is 5.73 Å². The molecule has 0 aliphatic rings. The van der Waals surface area contributed by atoms with Crippen LogP contribution in [0, 0.1) is 0 Å². The fourth-order valence-corrected chi connectivity index (χ4v) is 2.58. The van der Waals surface area contributed by atoms with Crippen LogP contribution in [-0.4, -0.2) is 14.7 Å². The van der Waals surface area contributed by atoms with Crippen LogP contribution in [-0.2, 0) is 9.84 Å². The Kier molecular flexibility index (Phi) is 3.34. The molecule has 0 radical (unpaired) electrons. The van der Waals surface area contributed by atoms with E-state index in [4.69, 9.17) is 5.73 Å². The Balaban J connectivity index is 3.45. The Labute approximate surface area is 92.4 Å². The standard InChI is InChI=1S/C9H12BrNO2S/c1-6(11)8-5-7(10)3-4-9(8)14(2,12)13/h3-6H,11H2,1-2H3. The van der Waals surface area contributed by atoms with Crippen molar-refractivity contribution in [3.05, 3.63) is 28.2 Å². The lowest BCUT2D eigenvalue weighted by atomic mass is 10.1. The Hall–Kier alpha value is -0.390. The molecule has 0 heterocycles. The lowest BCUT2D eigenvalue weighted by Crippen LogP contribution is -2.11. The minimum atomic E-state index is -3.20. The molecular weight excluding hydrogens is 266 g/mol. The molecule has 0 spiro atoms. The van der Waals surface area contributed by atoms with Crippen molar-refractivity contribution in [2.45, 2.75) is 17.9 Å². The van der Waals surface area contributed by atoms with Gasteiger partial charge in [-0.1, -0.05) is 15.9 Å². The molecule has 1 atom stereocenters. The molecule has 1 aromatic carbocycles. The van der Waals surface area contributed by atoms with Crippen molar-refractivity contribution in [3.63, 3.8) is 0 Å². The third kappa shape index (κ3) is 2.56. The van der Waals surface area contributed by atoms with Gasteiger partial charge in [0.25, 0.3) is 0 Å². The van der Waals surface area contributed by atoms with Crippen LogP contribution >= 0.6 is 15.9 Å². The highest BCUT2D eigenvalue weighted by atomic mass is 79.9. The van der Waals surface area contributed by atoms with Crippen LogP contribution in [0.1, 0.15) is 18.5 Å². The largest absolute Gasteiger partial charge is 0.324 e. The molecular formula is C9H12BrNO2S. The fraction of sp³-hybridized carbons (Fsp3) is 0.333. The molecule has 0 amide bonds. The van der Waals surface area contributed by atoms with Gasteiger partial charge in [-0.15, -0.1) is 0 Å². The van der Waals surface area contributed by atoms with E-state index in [1.54, 1.807) is 25.1 Å². The van der Waals surface area contributed by atoms with Gasteiger partial charge in [0.15, 0.2) is 9.84 Å². The van der Waals surface area contributed by atoms with Crippen LogP contribution in [0.5, 0.6) is 0 Å². The fourth-order valence-electron chi connectivity index (χ4n) is 1.21. The third-order valence-electron chi connectivity index (χ3n) is 1.86. The number of rotatable bonds is 2. The van der Waals surface area contributed by atoms with Crippen LogP contribution < -0.4 is 5.73 Å². The molecule has 0 aliphatic carbocycles. The Morgan fingerprint density at radius 3 is 2.43 bits per heavy atom. The maximum atomic E-state index is 11.4. The minimum absolute atomic E-state index is 0.294. The summed E-state index contributed by atoms with van der Waals surface area (Å²) in [4.78, 5) is 0.302. The van der Waals surface area contributed by atoms with Gasteiger partial charge in [0.2, 0.25) is 0 Å². The topological polar surface area (TPSA) is 60.2 Å². The summed E-state index contributed by atoms with van der Waals surface area (Å²) < 4.78 is 23.6. The predicted molar refractivity (Wildman–Crippen MR) is 59.9 cm³/mol. The summed E-state index contributed by atoms with van der Waals surface area (Å²) in [6.45, 7) is 1.76. The second-order valence-electron chi connectivity index (χ2n) is 3.24. The van der Waals surface area contributed by atoms with Gasteiger partial charge >= 0.3 is 0 Å². The molecule has 1 aromatic rings. The molecule has 1 rings (SSSR count).